The summed E-state index contributed by atoms with van der Waals surface area (Å²) in [6.07, 6.45) is 68.5. The first kappa shape index (κ1) is 75.9. The summed E-state index contributed by atoms with van der Waals surface area (Å²) in [7, 11) is 0. The van der Waals surface area contributed by atoms with Crippen LogP contribution in [0.4, 0.5) is 0 Å². The minimum Gasteiger partial charge on any atom is -0.479 e. The van der Waals surface area contributed by atoms with Crippen LogP contribution in [-0.4, -0.2) is 89.2 Å². The van der Waals surface area contributed by atoms with E-state index in [1.165, 1.54) is 64.2 Å². The first-order valence-corrected chi connectivity index (χ1v) is 32.2. The molecule has 0 amide bonds. The molecule has 1 rings (SSSR count). The number of ether oxygens (including phenoxy) is 5. The maximum absolute atomic E-state index is 13.2. The second-order valence-corrected chi connectivity index (χ2v) is 21.3. The van der Waals surface area contributed by atoms with E-state index < -0.39 is 67.3 Å². The Balaban J connectivity index is 2.75. The lowest BCUT2D eigenvalue weighted by Gasteiger charge is -2.40. The number of esters is 3. The molecule has 0 aliphatic carbocycles. The van der Waals surface area contributed by atoms with Gasteiger partial charge in [-0.15, -0.1) is 0 Å². The molecule has 6 atom stereocenters. The van der Waals surface area contributed by atoms with Crippen molar-refractivity contribution in [2.24, 2.45) is 0 Å². The SMILES string of the molecule is CC/C=C\C/C=C\C/C=C\C/C=C\C/C=C\C/C=C\CCC(=O)OCC(COC1OC(C(=O)O)C(O)C(O)C1OC(=O)CCCCCCCCCCCCCCCCC)OC(=O)CCCCC/C=C\C/C=C\C/C=C\C/C=C\C/C=C\CC. The van der Waals surface area contributed by atoms with Crippen molar-refractivity contribution in [3.05, 3.63) is 134 Å². The molecule has 468 valence electrons. The molecule has 0 aromatic heterocycles. The van der Waals surface area contributed by atoms with Gasteiger partial charge in [0.05, 0.1) is 6.61 Å². The third-order valence-corrected chi connectivity index (χ3v) is 13.7. The summed E-state index contributed by atoms with van der Waals surface area (Å²) in [4.78, 5) is 51.3. The van der Waals surface area contributed by atoms with Crippen molar-refractivity contribution in [2.45, 2.75) is 276 Å². The van der Waals surface area contributed by atoms with Gasteiger partial charge in [0.1, 0.15) is 18.8 Å². The van der Waals surface area contributed by atoms with Gasteiger partial charge in [0.25, 0.3) is 0 Å². The van der Waals surface area contributed by atoms with Crippen LogP contribution >= 0.6 is 0 Å². The van der Waals surface area contributed by atoms with Gasteiger partial charge in [-0.3, -0.25) is 14.4 Å². The van der Waals surface area contributed by atoms with Crippen LogP contribution < -0.4 is 0 Å². The van der Waals surface area contributed by atoms with Gasteiger partial charge < -0.3 is 39.0 Å². The van der Waals surface area contributed by atoms with Gasteiger partial charge in [-0.25, -0.2) is 4.79 Å². The zero-order valence-electron chi connectivity index (χ0n) is 51.6. The molecule has 0 radical (unpaired) electrons. The number of carbonyl (C=O) groups is 4. The van der Waals surface area contributed by atoms with Crippen molar-refractivity contribution in [2.75, 3.05) is 13.2 Å². The molecular weight excluding hydrogens is 1040 g/mol. The van der Waals surface area contributed by atoms with E-state index >= 15 is 0 Å². The van der Waals surface area contributed by atoms with Crippen molar-refractivity contribution in [3.63, 3.8) is 0 Å². The van der Waals surface area contributed by atoms with Crippen LogP contribution in [-0.2, 0) is 42.9 Å². The van der Waals surface area contributed by atoms with Crippen LogP contribution in [0.5, 0.6) is 0 Å². The van der Waals surface area contributed by atoms with Gasteiger partial charge in [-0.05, 0) is 103 Å². The fourth-order valence-electron chi connectivity index (χ4n) is 8.89. The van der Waals surface area contributed by atoms with E-state index in [1.54, 1.807) is 0 Å². The Morgan fingerprint density at radius 2 is 0.783 bits per heavy atom. The number of carbonyl (C=O) groups excluding carboxylic acids is 3. The largest absolute Gasteiger partial charge is 0.479 e. The molecular formula is C71H112O12. The summed E-state index contributed by atoms with van der Waals surface area (Å²) in [5.41, 5.74) is 0. The number of carboxylic acids is 1. The van der Waals surface area contributed by atoms with E-state index in [0.717, 1.165) is 116 Å². The van der Waals surface area contributed by atoms with E-state index in [2.05, 4.69) is 142 Å². The molecule has 1 fully saturated rings. The highest BCUT2D eigenvalue weighted by Crippen LogP contribution is 2.26. The molecule has 83 heavy (non-hydrogen) atoms. The summed E-state index contributed by atoms with van der Waals surface area (Å²) in [6.45, 7) is 5.68. The minimum absolute atomic E-state index is 0.0454. The fourth-order valence-corrected chi connectivity index (χ4v) is 8.89. The standard InChI is InChI=1S/C71H112O12/c1-4-7-10-13-16-19-22-25-28-30-32-34-37-39-42-45-48-51-54-57-63(72)79-60-62(81-64(73)58-55-52-49-46-43-41-38-35-33-31-29-26-23-20-17-14-11-8-5-2)61-80-71-69(67(76)66(75)68(83-71)70(77)78)82-65(74)59-56-53-50-47-44-40-36-27-24-21-18-15-12-9-6-3/h7-8,10-11,16-17,19-20,25-26,28-29,32-35,39,41-43,48,51,62,66-69,71,75-76H,4-6,9,12-15,18,21-24,27,30-31,36-38,40,44-47,49-50,52-61H2,1-3H3,(H,77,78)/b10-7-,11-8-,19-16-,20-17-,28-25-,29-26-,34-32-,35-33-,42-39-,43-41-,51-48-. The zero-order valence-corrected chi connectivity index (χ0v) is 51.6. The smallest absolute Gasteiger partial charge is 0.335 e. The third kappa shape index (κ3) is 46.9. The van der Waals surface area contributed by atoms with Gasteiger partial charge in [-0.2, -0.15) is 0 Å². The Hall–Kier alpha value is -5.14. The Labute approximate surface area is 502 Å². The fraction of sp³-hybridized carbons (Fsp3) is 0.634. The number of aliphatic hydroxyl groups is 2. The molecule has 1 heterocycles. The molecule has 1 saturated heterocycles. The van der Waals surface area contributed by atoms with Crippen LogP contribution in [0.15, 0.2) is 134 Å². The van der Waals surface area contributed by atoms with Crippen molar-refractivity contribution < 1.29 is 58.2 Å². The second kappa shape index (κ2) is 57.3. The number of allylic oxidation sites excluding steroid dienone is 22. The monoisotopic (exact) mass is 1160 g/mol. The lowest BCUT2D eigenvalue weighted by Crippen LogP contribution is -2.61. The molecule has 1 aliphatic heterocycles. The third-order valence-electron chi connectivity index (χ3n) is 13.7. The number of aliphatic hydroxyl groups excluding tert-OH is 2. The van der Waals surface area contributed by atoms with E-state index in [-0.39, 0.29) is 25.9 Å². The van der Waals surface area contributed by atoms with Crippen LogP contribution in [0.1, 0.15) is 239 Å². The molecule has 1 aliphatic rings. The average Bonchev–Trinajstić information content (AvgIpc) is 3.58. The van der Waals surface area contributed by atoms with Crippen LogP contribution in [0, 0.1) is 0 Å². The number of hydrogen-bond acceptors (Lipinski definition) is 11. The maximum Gasteiger partial charge on any atom is 0.335 e. The predicted molar refractivity (Wildman–Crippen MR) is 340 cm³/mol. The summed E-state index contributed by atoms with van der Waals surface area (Å²) in [5.74, 6) is -3.29. The Kier molecular flexibility index (Phi) is 52.4. The van der Waals surface area contributed by atoms with Crippen molar-refractivity contribution >= 4 is 23.9 Å². The lowest BCUT2D eigenvalue weighted by atomic mass is 9.98. The van der Waals surface area contributed by atoms with Gasteiger partial charge in [0.2, 0.25) is 0 Å². The molecule has 12 heteroatoms. The topological polar surface area (TPSA) is 175 Å². The number of hydrogen-bond donors (Lipinski definition) is 3. The van der Waals surface area contributed by atoms with E-state index in [0.29, 0.717) is 19.3 Å². The normalized spacial score (nSPS) is 18.5. The highest BCUT2D eigenvalue weighted by molar-refractivity contribution is 5.74. The first-order valence-electron chi connectivity index (χ1n) is 32.2. The molecule has 3 N–H and O–H groups in total. The van der Waals surface area contributed by atoms with Crippen LogP contribution in [0.25, 0.3) is 0 Å². The maximum atomic E-state index is 13.2. The first-order chi connectivity index (χ1) is 40.6. The number of rotatable bonds is 53. The second-order valence-electron chi connectivity index (χ2n) is 21.3. The highest BCUT2D eigenvalue weighted by atomic mass is 16.7. The van der Waals surface area contributed by atoms with E-state index in [4.69, 9.17) is 23.7 Å². The molecule has 0 bridgehead atoms. The molecule has 0 spiro atoms. The number of carboxylic acid groups (broad SMARTS) is 1. The van der Waals surface area contributed by atoms with Gasteiger partial charge in [-0.1, -0.05) is 251 Å². The van der Waals surface area contributed by atoms with Crippen molar-refractivity contribution in [3.8, 4) is 0 Å². The Bertz CT molecular complexity index is 1950. The Morgan fingerprint density at radius 1 is 0.410 bits per heavy atom. The summed E-state index contributed by atoms with van der Waals surface area (Å²) in [5, 5.41) is 31.6. The van der Waals surface area contributed by atoms with Crippen LogP contribution in [0.2, 0.25) is 0 Å². The average molecular weight is 1160 g/mol. The van der Waals surface area contributed by atoms with Gasteiger partial charge >= 0.3 is 23.9 Å². The van der Waals surface area contributed by atoms with Crippen molar-refractivity contribution in [1.82, 2.24) is 0 Å². The highest BCUT2D eigenvalue weighted by Gasteiger charge is 2.50. The number of aliphatic carboxylic acids is 1. The molecule has 6 unspecified atom stereocenters. The Morgan fingerprint density at radius 3 is 1.20 bits per heavy atom. The lowest BCUT2D eigenvalue weighted by molar-refractivity contribution is -0.301. The zero-order chi connectivity index (χ0) is 60.3. The van der Waals surface area contributed by atoms with Gasteiger partial charge in [0.15, 0.2) is 24.6 Å². The predicted octanol–water partition coefficient (Wildman–Crippen LogP) is 17.3. The van der Waals surface area contributed by atoms with Crippen LogP contribution in [0.3, 0.4) is 0 Å². The van der Waals surface area contributed by atoms with E-state index in [1.807, 2.05) is 12.2 Å². The molecule has 0 aromatic rings. The minimum atomic E-state index is -1.92. The molecule has 0 saturated carbocycles. The van der Waals surface area contributed by atoms with E-state index in [9.17, 15) is 34.5 Å². The summed E-state index contributed by atoms with van der Waals surface area (Å²) < 4.78 is 28.4. The summed E-state index contributed by atoms with van der Waals surface area (Å²) in [6, 6.07) is 0. The molecule has 12 nitrogen and oxygen atoms in total. The van der Waals surface area contributed by atoms with Crippen molar-refractivity contribution in [1.29, 1.82) is 0 Å². The quantitative estimate of drug-likeness (QED) is 0.0228. The number of unbranched alkanes of at least 4 members (excludes halogenated alkanes) is 17. The summed E-state index contributed by atoms with van der Waals surface area (Å²) >= 11 is 0. The molecule has 0 aromatic carbocycles. The van der Waals surface area contributed by atoms with Gasteiger partial charge in [0, 0.05) is 19.3 Å².